The zero-order chi connectivity index (χ0) is 20.3. The highest BCUT2D eigenvalue weighted by atomic mass is 16.5. The third-order valence-electron chi connectivity index (χ3n) is 5.25. The number of ether oxygens (including phenoxy) is 1. The van der Waals surface area contributed by atoms with Gasteiger partial charge < -0.3 is 15.0 Å². The molecule has 1 aliphatic heterocycles. The monoisotopic (exact) mass is 387 g/mol. The molecule has 0 unspecified atom stereocenters. The van der Waals surface area contributed by atoms with Crippen molar-refractivity contribution in [3.05, 3.63) is 24.3 Å². The summed E-state index contributed by atoms with van der Waals surface area (Å²) in [5.74, 6) is -2.45. The molecule has 1 aromatic carbocycles. The lowest BCUT2D eigenvalue weighted by Crippen LogP contribution is -2.37. The minimum absolute atomic E-state index is 0.294. The van der Waals surface area contributed by atoms with E-state index in [9.17, 15) is 19.2 Å². The van der Waals surface area contributed by atoms with Crippen LogP contribution in [0.25, 0.3) is 0 Å². The first-order valence-corrected chi connectivity index (χ1v) is 9.45. The number of hydrogen-bond acceptors (Lipinski definition) is 6. The molecular weight excluding hydrogens is 362 g/mol. The van der Waals surface area contributed by atoms with Gasteiger partial charge in [-0.1, -0.05) is 12.8 Å². The van der Waals surface area contributed by atoms with Crippen LogP contribution in [-0.4, -0.2) is 55.8 Å². The molecule has 0 radical (unpaired) electrons. The topological polar surface area (TPSA) is 96.0 Å². The highest BCUT2D eigenvalue weighted by Crippen LogP contribution is 2.37. The van der Waals surface area contributed by atoms with Crippen LogP contribution in [0.3, 0.4) is 0 Å². The lowest BCUT2D eigenvalue weighted by molar-refractivity contribution is -0.154. The van der Waals surface area contributed by atoms with E-state index >= 15 is 0 Å². The van der Waals surface area contributed by atoms with Gasteiger partial charge >= 0.3 is 5.97 Å². The lowest BCUT2D eigenvalue weighted by atomic mass is 9.81. The number of carbonyl (C=O) groups excluding carboxylic acids is 4. The second kappa shape index (κ2) is 8.41. The van der Waals surface area contributed by atoms with E-state index in [0.717, 1.165) is 23.4 Å². The Morgan fingerprint density at radius 3 is 2.18 bits per heavy atom. The van der Waals surface area contributed by atoms with Crippen LogP contribution in [0.5, 0.6) is 0 Å². The van der Waals surface area contributed by atoms with Crippen LogP contribution in [0.15, 0.2) is 24.3 Å². The first kappa shape index (κ1) is 19.9. The minimum atomic E-state index is -0.765. The van der Waals surface area contributed by atoms with Crippen molar-refractivity contribution in [3.63, 3.8) is 0 Å². The molecule has 1 aromatic rings. The van der Waals surface area contributed by atoms with Crippen LogP contribution in [0.4, 0.5) is 11.4 Å². The van der Waals surface area contributed by atoms with Gasteiger partial charge in [0.15, 0.2) is 6.61 Å². The first-order valence-electron chi connectivity index (χ1n) is 9.45. The van der Waals surface area contributed by atoms with Gasteiger partial charge in [-0.3, -0.25) is 24.1 Å². The molecule has 1 N–H and O–H groups in total. The maximum Gasteiger partial charge on any atom is 0.326 e. The van der Waals surface area contributed by atoms with E-state index in [1.807, 2.05) is 31.1 Å². The Morgan fingerprint density at radius 1 is 1.07 bits per heavy atom. The van der Waals surface area contributed by atoms with Gasteiger partial charge in [0, 0.05) is 25.5 Å². The van der Waals surface area contributed by atoms with E-state index in [0.29, 0.717) is 18.5 Å². The number of amides is 3. The van der Waals surface area contributed by atoms with Gasteiger partial charge in [0.25, 0.3) is 5.91 Å². The van der Waals surface area contributed by atoms with Crippen LogP contribution < -0.4 is 10.2 Å². The normalized spacial score (nSPS) is 21.3. The molecular formula is C20H25N3O5. The van der Waals surface area contributed by atoms with Crippen molar-refractivity contribution >= 4 is 35.1 Å². The zero-order valence-corrected chi connectivity index (χ0v) is 16.1. The van der Waals surface area contributed by atoms with Crippen LogP contribution in [0.2, 0.25) is 0 Å². The summed E-state index contributed by atoms with van der Waals surface area (Å²) < 4.78 is 4.94. The number of nitrogens with zero attached hydrogens (tertiary/aromatic N) is 2. The van der Waals surface area contributed by atoms with E-state index in [4.69, 9.17) is 4.74 Å². The quantitative estimate of drug-likeness (QED) is 0.586. The van der Waals surface area contributed by atoms with Crippen LogP contribution in [0, 0.1) is 11.8 Å². The average Bonchev–Trinajstić information content (AvgIpc) is 2.92. The van der Waals surface area contributed by atoms with Crippen molar-refractivity contribution in [2.24, 2.45) is 11.8 Å². The molecule has 0 spiro atoms. The lowest BCUT2D eigenvalue weighted by Gasteiger charge is -2.19. The second-order valence-electron chi connectivity index (χ2n) is 7.41. The predicted molar refractivity (Wildman–Crippen MR) is 103 cm³/mol. The molecule has 1 aliphatic carbocycles. The molecule has 0 aromatic heterocycles. The molecule has 150 valence electrons. The van der Waals surface area contributed by atoms with Crippen LogP contribution >= 0.6 is 0 Å². The molecule has 8 nitrogen and oxygen atoms in total. The van der Waals surface area contributed by atoms with Gasteiger partial charge in [-0.25, -0.2) is 0 Å². The van der Waals surface area contributed by atoms with Crippen LogP contribution in [0.1, 0.15) is 25.7 Å². The number of esters is 1. The predicted octanol–water partition coefficient (Wildman–Crippen LogP) is 1.41. The highest BCUT2D eigenvalue weighted by molar-refractivity contribution is 6.07. The molecule has 3 amide bonds. The third-order valence-corrected chi connectivity index (χ3v) is 5.25. The maximum atomic E-state index is 12.4. The van der Waals surface area contributed by atoms with Crippen molar-refractivity contribution < 1.29 is 23.9 Å². The number of rotatable bonds is 6. The van der Waals surface area contributed by atoms with Gasteiger partial charge in [-0.2, -0.15) is 0 Å². The van der Waals surface area contributed by atoms with E-state index in [1.165, 1.54) is 0 Å². The molecule has 1 saturated heterocycles. The van der Waals surface area contributed by atoms with E-state index < -0.39 is 25.0 Å². The number of imide groups is 1. The fourth-order valence-electron chi connectivity index (χ4n) is 3.75. The Balaban J connectivity index is 1.47. The number of hydrogen-bond donors (Lipinski definition) is 1. The van der Waals surface area contributed by atoms with Gasteiger partial charge in [0.05, 0.1) is 11.8 Å². The number of benzene rings is 1. The summed E-state index contributed by atoms with van der Waals surface area (Å²) in [4.78, 5) is 51.6. The van der Waals surface area contributed by atoms with Crippen molar-refractivity contribution in [3.8, 4) is 0 Å². The Bertz CT molecular complexity index is 751. The van der Waals surface area contributed by atoms with E-state index in [2.05, 4.69) is 5.32 Å². The van der Waals surface area contributed by atoms with Crippen molar-refractivity contribution in [1.29, 1.82) is 0 Å². The Morgan fingerprint density at radius 2 is 1.64 bits per heavy atom. The molecule has 0 bridgehead atoms. The molecule has 1 saturated carbocycles. The van der Waals surface area contributed by atoms with Crippen molar-refractivity contribution in [2.75, 3.05) is 37.5 Å². The number of nitrogens with one attached hydrogen (secondary N) is 1. The Kier molecular flexibility index (Phi) is 5.96. The standard InChI is InChI=1S/C20H25N3O5/c1-22(2)14-9-7-13(8-10-14)21-17(24)12-28-18(25)11-23-19(26)15-5-3-4-6-16(15)20(23)27/h7-10,15-16H,3-6,11-12H2,1-2H3,(H,21,24)/t15-,16-/m1/s1. The first-order chi connectivity index (χ1) is 13.4. The average molecular weight is 387 g/mol. The van der Waals surface area contributed by atoms with E-state index in [-0.39, 0.29) is 23.7 Å². The van der Waals surface area contributed by atoms with Gasteiger partial charge in [0.2, 0.25) is 11.8 Å². The molecule has 1 heterocycles. The molecule has 3 rings (SSSR count). The number of likely N-dealkylation sites (tertiary alicyclic amines) is 1. The summed E-state index contributed by atoms with van der Waals surface area (Å²) in [5, 5.41) is 2.63. The minimum Gasteiger partial charge on any atom is -0.454 e. The number of fused-ring (bicyclic) bond motifs is 1. The number of carbonyl (C=O) groups is 4. The molecule has 2 atom stereocenters. The maximum absolute atomic E-state index is 12.4. The fraction of sp³-hybridized carbons (Fsp3) is 0.500. The molecule has 8 heteroatoms. The summed E-state index contributed by atoms with van der Waals surface area (Å²) in [7, 11) is 3.83. The molecule has 28 heavy (non-hydrogen) atoms. The molecule has 2 aliphatic rings. The SMILES string of the molecule is CN(C)c1ccc(NC(=O)COC(=O)CN2C(=O)[C@@H]3CCCC[C@H]3C2=O)cc1. The fourth-order valence-corrected chi connectivity index (χ4v) is 3.75. The van der Waals surface area contributed by atoms with Gasteiger partial charge in [-0.15, -0.1) is 0 Å². The summed E-state index contributed by atoms with van der Waals surface area (Å²) >= 11 is 0. The summed E-state index contributed by atoms with van der Waals surface area (Å²) in [6, 6.07) is 7.20. The molecule has 2 fully saturated rings. The summed E-state index contributed by atoms with van der Waals surface area (Å²) in [5.41, 5.74) is 1.57. The highest BCUT2D eigenvalue weighted by Gasteiger charge is 2.48. The second-order valence-corrected chi connectivity index (χ2v) is 7.41. The van der Waals surface area contributed by atoms with Gasteiger partial charge in [0.1, 0.15) is 6.54 Å². The number of anilines is 2. The third kappa shape index (κ3) is 4.32. The van der Waals surface area contributed by atoms with Crippen LogP contribution in [-0.2, 0) is 23.9 Å². The Labute approximate surface area is 163 Å². The van der Waals surface area contributed by atoms with Crippen molar-refractivity contribution in [1.82, 2.24) is 4.90 Å². The van der Waals surface area contributed by atoms with Gasteiger partial charge in [-0.05, 0) is 37.1 Å². The zero-order valence-electron chi connectivity index (χ0n) is 16.1. The Hall–Kier alpha value is -2.90. The largest absolute Gasteiger partial charge is 0.454 e. The summed E-state index contributed by atoms with van der Waals surface area (Å²) in [6.45, 7) is -0.910. The summed E-state index contributed by atoms with van der Waals surface area (Å²) in [6.07, 6.45) is 3.23. The smallest absolute Gasteiger partial charge is 0.326 e. The van der Waals surface area contributed by atoms with E-state index in [1.54, 1.807) is 12.1 Å². The van der Waals surface area contributed by atoms with Crippen molar-refractivity contribution in [2.45, 2.75) is 25.7 Å².